The molecule has 0 saturated heterocycles. The van der Waals surface area contributed by atoms with Gasteiger partial charge in [0.05, 0.1) is 0 Å². The third-order valence-electron chi connectivity index (χ3n) is 2.58. The Labute approximate surface area is 93.7 Å². The predicted molar refractivity (Wildman–Crippen MR) is 63.0 cm³/mol. The fraction of sp³-hybridized carbons (Fsp3) is 0.231. The maximum atomic E-state index is 13.2. The number of fused-ring (bicyclic) bond motifs is 1. The van der Waals surface area contributed by atoms with Gasteiger partial charge in [0.25, 0.3) is 0 Å². The number of hydrogen-bond donors (Lipinski definition) is 0. The Balaban J connectivity index is 2.84. The summed E-state index contributed by atoms with van der Waals surface area (Å²) >= 11 is 6.06. The highest BCUT2D eigenvalue weighted by Crippen LogP contribution is 2.31. The number of hydrogen-bond acceptors (Lipinski definition) is 0. The molecule has 0 spiro atoms. The minimum Gasteiger partial charge on any atom is -0.207 e. The van der Waals surface area contributed by atoms with Crippen molar-refractivity contribution in [2.45, 2.75) is 19.8 Å². The summed E-state index contributed by atoms with van der Waals surface area (Å²) in [5, 5.41) is 2.51. The topological polar surface area (TPSA) is 0 Å². The molecule has 0 atom stereocenters. The van der Waals surface area contributed by atoms with Crippen LogP contribution in [0.3, 0.4) is 0 Å². The van der Waals surface area contributed by atoms with Crippen LogP contribution in [0.2, 0.25) is 5.02 Å². The molecule has 0 unspecified atom stereocenters. The van der Waals surface area contributed by atoms with Crippen molar-refractivity contribution in [3.8, 4) is 0 Å². The van der Waals surface area contributed by atoms with Gasteiger partial charge < -0.3 is 0 Å². The standard InChI is InChI=1S/C13H12ClF/c1-8(2)10-5-6-13(14)11-4-3-9(15)7-12(10)11/h3-8H,1-2H3. The summed E-state index contributed by atoms with van der Waals surface area (Å²) in [4.78, 5) is 0. The van der Waals surface area contributed by atoms with Crippen molar-refractivity contribution in [1.82, 2.24) is 0 Å². The van der Waals surface area contributed by atoms with Gasteiger partial charge in [0.2, 0.25) is 0 Å². The second-order valence-electron chi connectivity index (χ2n) is 3.98. The second-order valence-corrected chi connectivity index (χ2v) is 4.39. The Morgan fingerprint density at radius 3 is 2.47 bits per heavy atom. The van der Waals surface area contributed by atoms with Crippen molar-refractivity contribution in [1.29, 1.82) is 0 Å². The summed E-state index contributed by atoms with van der Waals surface area (Å²) in [6.07, 6.45) is 0. The first kappa shape index (κ1) is 10.4. The highest BCUT2D eigenvalue weighted by molar-refractivity contribution is 6.35. The molecule has 2 aromatic rings. The van der Waals surface area contributed by atoms with Crippen LogP contribution in [0.25, 0.3) is 10.8 Å². The van der Waals surface area contributed by atoms with Crippen molar-refractivity contribution < 1.29 is 4.39 Å². The quantitative estimate of drug-likeness (QED) is 0.653. The summed E-state index contributed by atoms with van der Waals surface area (Å²) in [7, 11) is 0. The number of halogens is 2. The zero-order valence-corrected chi connectivity index (χ0v) is 9.48. The Kier molecular flexibility index (Phi) is 2.66. The van der Waals surface area contributed by atoms with Crippen LogP contribution in [0, 0.1) is 5.82 Å². The first-order valence-corrected chi connectivity index (χ1v) is 5.35. The van der Waals surface area contributed by atoms with Gasteiger partial charge in [-0.3, -0.25) is 0 Å². The van der Waals surface area contributed by atoms with Crippen LogP contribution in [0.15, 0.2) is 30.3 Å². The van der Waals surface area contributed by atoms with Crippen molar-refractivity contribution >= 4 is 22.4 Å². The molecule has 0 N–H and O–H groups in total. The van der Waals surface area contributed by atoms with Gasteiger partial charge in [-0.1, -0.05) is 31.5 Å². The molecule has 0 bridgehead atoms. The molecule has 15 heavy (non-hydrogen) atoms. The van der Waals surface area contributed by atoms with Crippen molar-refractivity contribution in [2.75, 3.05) is 0 Å². The Bertz CT molecular complexity index is 503. The highest BCUT2D eigenvalue weighted by Gasteiger charge is 2.08. The smallest absolute Gasteiger partial charge is 0.123 e. The average Bonchev–Trinajstić information content (AvgIpc) is 2.17. The van der Waals surface area contributed by atoms with Crippen LogP contribution in [-0.4, -0.2) is 0 Å². The van der Waals surface area contributed by atoms with Crippen LogP contribution < -0.4 is 0 Å². The number of rotatable bonds is 1. The Morgan fingerprint density at radius 1 is 1.07 bits per heavy atom. The zero-order valence-electron chi connectivity index (χ0n) is 8.72. The molecule has 0 fully saturated rings. The Hall–Kier alpha value is -1.08. The van der Waals surface area contributed by atoms with Gasteiger partial charge >= 0.3 is 0 Å². The maximum absolute atomic E-state index is 13.2. The largest absolute Gasteiger partial charge is 0.207 e. The lowest BCUT2D eigenvalue weighted by molar-refractivity contribution is 0.629. The monoisotopic (exact) mass is 222 g/mol. The molecule has 78 valence electrons. The zero-order chi connectivity index (χ0) is 11.0. The molecule has 0 saturated carbocycles. The minimum atomic E-state index is -0.216. The van der Waals surface area contributed by atoms with Gasteiger partial charge in [-0.05, 0) is 41.1 Å². The SMILES string of the molecule is CC(C)c1ccc(Cl)c2ccc(F)cc12. The fourth-order valence-corrected chi connectivity index (χ4v) is 2.04. The van der Waals surface area contributed by atoms with Gasteiger partial charge in [0, 0.05) is 10.4 Å². The molecule has 2 aromatic carbocycles. The van der Waals surface area contributed by atoms with Crippen molar-refractivity contribution in [3.05, 3.63) is 46.7 Å². The minimum absolute atomic E-state index is 0.216. The number of benzene rings is 2. The lowest BCUT2D eigenvalue weighted by Crippen LogP contribution is -1.90. The van der Waals surface area contributed by atoms with E-state index in [2.05, 4.69) is 13.8 Å². The Morgan fingerprint density at radius 2 is 1.80 bits per heavy atom. The fourth-order valence-electron chi connectivity index (χ4n) is 1.81. The second kappa shape index (κ2) is 3.82. The van der Waals surface area contributed by atoms with E-state index < -0.39 is 0 Å². The van der Waals surface area contributed by atoms with Crippen LogP contribution in [-0.2, 0) is 0 Å². The molecule has 0 aliphatic rings. The van der Waals surface area contributed by atoms with E-state index in [1.807, 2.05) is 12.1 Å². The predicted octanol–water partition coefficient (Wildman–Crippen LogP) is 4.76. The van der Waals surface area contributed by atoms with Crippen molar-refractivity contribution in [3.63, 3.8) is 0 Å². The molecule has 2 heteroatoms. The van der Waals surface area contributed by atoms with E-state index in [0.29, 0.717) is 10.9 Å². The first-order chi connectivity index (χ1) is 7.09. The van der Waals surface area contributed by atoms with E-state index in [0.717, 1.165) is 16.3 Å². The molecule has 0 radical (unpaired) electrons. The van der Waals surface area contributed by atoms with Gasteiger partial charge in [-0.25, -0.2) is 4.39 Å². The van der Waals surface area contributed by atoms with E-state index in [4.69, 9.17) is 11.6 Å². The normalized spacial score (nSPS) is 11.3. The molecule has 0 amide bonds. The molecule has 0 nitrogen and oxygen atoms in total. The van der Waals surface area contributed by atoms with E-state index in [1.54, 1.807) is 12.1 Å². The molecule has 0 aromatic heterocycles. The summed E-state index contributed by atoms with van der Waals surface area (Å²) in [6.45, 7) is 4.18. The van der Waals surface area contributed by atoms with Crippen LogP contribution in [0.4, 0.5) is 4.39 Å². The van der Waals surface area contributed by atoms with Crippen LogP contribution in [0.5, 0.6) is 0 Å². The molecule has 2 rings (SSSR count). The van der Waals surface area contributed by atoms with Crippen molar-refractivity contribution in [2.24, 2.45) is 0 Å². The van der Waals surface area contributed by atoms with E-state index in [-0.39, 0.29) is 5.82 Å². The molecule has 0 aliphatic heterocycles. The van der Waals surface area contributed by atoms with Gasteiger partial charge in [0.15, 0.2) is 0 Å². The summed E-state index contributed by atoms with van der Waals surface area (Å²) < 4.78 is 13.2. The van der Waals surface area contributed by atoms with Crippen LogP contribution in [0.1, 0.15) is 25.3 Å². The summed E-state index contributed by atoms with van der Waals surface area (Å²) in [5.41, 5.74) is 1.13. The van der Waals surface area contributed by atoms with Crippen LogP contribution >= 0.6 is 11.6 Å². The van der Waals surface area contributed by atoms with Gasteiger partial charge in [0.1, 0.15) is 5.82 Å². The molecule has 0 aliphatic carbocycles. The average molecular weight is 223 g/mol. The lowest BCUT2D eigenvalue weighted by atomic mass is 9.96. The third-order valence-corrected chi connectivity index (χ3v) is 2.91. The van der Waals surface area contributed by atoms with E-state index in [9.17, 15) is 4.39 Å². The van der Waals surface area contributed by atoms with E-state index >= 15 is 0 Å². The first-order valence-electron chi connectivity index (χ1n) is 4.97. The van der Waals surface area contributed by atoms with Gasteiger partial charge in [-0.2, -0.15) is 0 Å². The maximum Gasteiger partial charge on any atom is 0.123 e. The molecular formula is C13H12ClF. The lowest BCUT2D eigenvalue weighted by Gasteiger charge is -2.11. The molecular weight excluding hydrogens is 211 g/mol. The van der Waals surface area contributed by atoms with Gasteiger partial charge in [-0.15, -0.1) is 0 Å². The third kappa shape index (κ3) is 1.84. The summed E-state index contributed by atoms with van der Waals surface area (Å²) in [6, 6.07) is 8.57. The van der Waals surface area contributed by atoms with E-state index in [1.165, 1.54) is 6.07 Å². The molecule has 0 heterocycles. The summed E-state index contributed by atoms with van der Waals surface area (Å²) in [5.74, 6) is 0.151. The highest BCUT2D eigenvalue weighted by atomic mass is 35.5.